The number of carbonyl (C=O) groups is 2. The van der Waals surface area contributed by atoms with Gasteiger partial charge in [0, 0.05) is 23.6 Å². The summed E-state index contributed by atoms with van der Waals surface area (Å²) in [6.45, 7) is 0.527. The lowest BCUT2D eigenvalue weighted by Gasteiger charge is -2.12. The fourth-order valence-corrected chi connectivity index (χ4v) is 2.93. The number of Topliss-reactive ketones (excluding diaryl/α,β-unsaturated/α-hetero) is 1. The molecular formula is C18H20N2O2. The minimum Gasteiger partial charge on any atom is -0.360 e. The Morgan fingerprint density at radius 1 is 1.18 bits per heavy atom. The lowest BCUT2D eigenvalue weighted by atomic mass is 9.97. The number of aromatic amines is 1. The van der Waals surface area contributed by atoms with E-state index < -0.39 is 11.7 Å². The highest BCUT2D eigenvalue weighted by Crippen LogP contribution is 2.20. The molecular weight excluding hydrogens is 276 g/mol. The van der Waals surface area contributed by atoms with Crippen molar-refractivity contribution in [1.29, 1.82) is 0 Å². The standard InChI is InChI=1S/C18H20N2O2/c21-17(15-12-20-16-9-5-4-8-14(15)16)18(22)19-11-10-13-6-2-1-3-7-13/h4-6,8-9,12,20H,1-3,7,10-11H2,(H,19,22). The second-order valence-electron chi connectivity index (χ2n) is 5.69. The van der Waals surface area contributed by atoms with Crippen LogP contribution < -0.4 is 5.32 Å². The number of aromatic nitrogens is 1. The first-order valence-corrected chi connectivity index (χ1v) is 7.82. The van der Waals surface area contributed by atoms with Crippen molar-refractivity contribution in [3.05, 3.63) is 47.7 Å². The SMILES string of the molecule is O=C(NCCC1=CCCCC1)C(=O)c1c[nH]c2ccccc12. The Kier molecular flexibility index (Phi) is 4.37. The number of carbonyl (C=O) groups excluding carboxylic acids is 2. The van der Waals surface area contributed by atoms with Crippen LogP contribution in [0.15, 0.2) is 42.1 Å². The van der Waals surface area contributed by atoms with Gasteiger partial charge < -0.3 is 10.3 Å². The van der Waals surface area contributed by atoms with Crippen LogP contribution in [0.3, 0.4) is 0 Å². The van der Waals surface area contributed by atoms with E-state index in [9.17, 15) is 9.59 Å². The Bertz CT molecular complexity index is 728. The molecule has 114 valence electrons. The van der Waals surface area contributed by atoms with E-state index in [1.54, 1.807) is 6.20 Å². The van der Waals surface area contributed by atoms with Gasteiger partial charge in [-0.3, -0.25) is 9.59 Å². The number of nitrogens with one attached hydrogen (secondary N) is 2. The number of hydrogen-bond donors (Lipinski definition) is 2. The molecule has 0 saturated heterocycles. The summed E-state index contributed by atoms with van der Waals surface area (Å²) in [5.41, 5.74) is 2.70. The van der Waals surface area contributed by atoms with E-state index in [0.29, 0.717) is 12.1 Å². The molecule has 0 radical (unpaired) electrons. The van der Waals surface area contributed by atoms with Crippen LogP contribution in [-0.2, 0) is 4.79 Å². The van der Waals surface area contributed by atoms with Gasteiger partial charge in [0.1, 0.15) is 0 Å². The Labute approximate surface area is 129 Å². The Hall–Kier alpha value is -2.36. The van der Waals surface area contributed by atoms with E-state index in [1.165, 1.54) is 18.4 Å². The van der Waals surface area contributed by atoms with E-state index in [1.807, 2.05) is 24.3 Å². The van der Waals surface area contributed by atoms with E-state index in [4.69, 9.17) is 0 Å². The summed E-state index contributed by atoms with van der Waals surface area (Å²) in [4.78, 5) is 27.3. The fourth-order valence-electron chi connectivity index (χ4n) is 2.93. The van der Waals surface area contributed by atoms with Crippen molar-refractivity contribution in [2.45, 2.75) is 32.1 Å². The molecule has 0 saturated carbocycles. The van der Waals surface area contributed by atoms with Gasteiger partial charge in [-0.05, 0) is 38.2 Å². The minimum absolute atomic E-state index is 0.435. The zero-order valence-electron chi connectivity index (χ0n) is 12.5. The Balaban J connectivity index is 1.60. The van der Waals surface area contributed by atoms with Crippen LogP contribution in [0.1, 0.15) is 42.5 Å². The van der Waals surface area contributed by atoms with E-state index >= 15 is 0 Å². The molecule has 0 unspecified atom stereocenters. The molecule has 1 aromatic heterocycles. The van der Waals surface area contributed by atoms with Gasteiger partial charge in [-0.2, -0.15) is 0 Å². The molecule has 2 aromatic rings. The second kappa shape index (κ2) is 6.60. The van der Waals surface area contributed by atoms with Crippen molar-refractivity contribution in [1.82, 2.24) is 10.3 Å². The molecule has 0 aliphatic heterocycles. The number of H-pyrrole nitrogens is 1. The van der Waals surface area contributed by atoms with Crippen LogP contribution in [0.2, 0.25) is 0 Å². The smallest absolute Gasteiger partial charge is 0.292 e. The van der Waals surface area contributed by atoms with Gasteiger partial charge in [0.05, 0.1) is 5.56 Å². The maximum Gasteiger partial charge on any atom is 0.292 e. The first-order chi connectivity index (χ1) is 10.8. The van der Waals surface area contributed by atoms with Gasteiger partial charge in [0.15, 0.2) is 0 Å². The number of para-hydroxylation sites is 1. The van der Waals surface area contributed by atoms with E-state index in [2.05, 4.69) is 16.4 Å². The Morgan fingerprint density at radius 3 is 2.86 bits per heavy atom. The molecule has 4 nitrogen and oxygen atoms in total. The third-order valence-corrected chi connectivity index (χ3v) is 4.16. The van der Waals surface area contributed by atoms with Crippen molar-refractivity contribution in [2.75, 3.05) is 6.54 Å². The molecule has 0 fully saturated rings. The lowest BCUT2D eigenvalue weighted by molar-refractivity contribution is -0.116. The van der Waals surface area contributed by atoms with Crippen LogP contribution in [0.25, 0.3) is 10.9 Å². The van der Waals surface area contributed by atoms with Gasteiger partial charge in [-0.25, -0.2) is 0 Å². The highest BCUT2D eigenvalue weighted by atomic mass is 16.2. The molecule has 1 aliphatic carbocycles. The first kappa shape index (κ1) is 14.6. The number of rotatable bonds is 5. The predicted octanol–water partition coefficient (Wildman–Crippen LogP) is 3.36. The second-order valence-corrected chi connectivity index (χ2v) is 5.69. The number of fused-ring (bicyclic) bond motifs is 1. The third kappa shape index (κ3) is 3.11. The molecule has 4 heteroatoms. The normalized spacial score (nSPS) is 14.6. The van der Waals surface area contributed by atoms with E-state index in [-0.39, 0.29) is 0 Å². The number of amides is 1. The first-order valence-electron chi connectivity index (χ1n) is 7.82. The van der Waals surface area contributed by atoms with Crippen molar-refractivity contribution < 1.29 is 9.59 Å². The molecule has 1 aromatic carbocycles. The molecule has 22 heavy (non-hydrogen) atoms. The summed E-state index contributed by atoms with van der Waals surface area (Å²) in [5.74, 6) is -1.00. The number of allylic oxidation sites excluding steroid dienone is 1. The van der Waals surface area contributed by atoms with Gasteiger partial charge in [0.2, 0.25) is 0 Å². The van der Waals surface area contributed by atoms with Crippen LogP contribution in [0.4, 0.5) is 0 Å². The molecule has 0 spiro atoms. The van der Waals surface area contributed by atoms with Crippen LogP contribution >= 0.6 is 0 Å². The van der Waals surface area contributed by atoms with Crippen molar-refractivity contribution in [3.63, 3.8) is 0 Å². The average Bonchev–Trinajstić information content (AvgIpc) is 2.99. The maximum atomic E-state index is 12.3. The summed E-state index contributed by atoms with van der Waals surface area (Å²) in [5, 5.41) is 3.53. The zero-order valence-corrected chi connectivity index (χ0v) is 12.5. The molecule has 0 atom stereocenters. The van der Waals surface area contributed by atoms with Gasteiger partial charge in [0.25, 0.3) is 11.7 Å². The zero-order chi connectivity index (χ0) is 15.4. The number of hydrogen-bond acceptors (Lipinski definition) is 2. The quantitative estimate of drug-likeness (QED) is 0.505. The molecule has 2 N–H and O–H groups in total. The summed E-state index contributed by atoms with van der Waals surface area (Å²) in [6.07, 6.45) is 9.45. The van der Waals surface area contributed by atoms with Gasteiger partial charge in [-0.1, -0.05) is 29.8 Å². The number of benzene rings is 1. The Morgan fingerprint density at radius 2 is 2.05 bits per heavy atom. The van der Waals surface area contributed by atoms with Crippen LogP contribution in [-0.4, -0.2) is 23.2 Å². The van der Waals surface area contributed by atoms with Gasteiger partial charge >= 0.3 is 0 Å². The highest BCUT2D eigenvalue weighted by molar-refractivity contribution is 6.44. The highest BCUT2D eigenvalue weighted by Gasteiger charge is 2.19. The van der Waals surface area contributed by atoms with Crippen molar-refractivity contribution in [2.24, 2.45) is 0 Å². The van der Waals surface area contributed by atoms with Crippen LogP contribution in [0.5, 0.6) is 0 Å². The predicted molar refractivity (Wildman–Crippen MR) is 86.8 cm³/mol. The summed E-state index contributed by atoms with van der Waals surface area (Å²) in [6, 6.07) is 7.49. The summed E-state index contributed by atoms with van der Waals surface area (Å²) in [7, 11) is 0. The molecule has 1 aliphatic rings. The fraction of sp³-hybridized carbons (Fsp3) is 0.333. The average molecular weight is 296 g/mol. The number of ketones is 1. The summed E-state index contributed by atoms with van der Waals surface area (Å²) >= 11 is 0. The molecule has 1 amide bonds. The monoisotopic (exact) mass is 296 g/mol. The third-order valence-electron chi connectivity index (χ3n) is 4.16. The lowest BCUT2D eigenvalue weighted by Crippen LogP contribution is -2.31. The molecule has 3 rings (SSSR count). The van der Waals surface area contributed by atoms with E-state index in [0.717, 1.165) is 30.2 Å². The topological polar surface area (TPSA) is 62.0 Å². The molecule has 1 heterocycles. The largest absolute Gasteiger partial charge is 0.360 e. The van der Waals surface area contributed by atoms with Gasteiger partial charge in [-0.15, -0.1) is 0 Å². The van der Waals surface area contributed by atoms with Crippen LogP contribution in [0, 0.1) is 0 Å². The van der Waals surface area contributed by atoms with Crippen molar-refractivity contribution in [3.8, 4) is 0 Å². The summed E-state index contributed by atoms with van der Waals surface area (Å²) < 4.78 is 0. The molecule has 0 bridgehead atoms. The van der Waals surface area contributed by atoms with Crippen molar-refractivity contribution >= 4 is 22.6 Å². The maximum absolute atomic E-state index is 12.3. The minimum atomic E-state index is -0.527.